The lowest BCUT2D eigenvalue weighted by Crippen LogP contribution is -2.45. The number of nitrogens with one attached hydrogen (secondary N) is 1. The third-order valence-electron chi connectivity index (χ3n) is 5.64. The summed E-state index contributed by atoms with van der Waals surface area (Å²) >= 11 is 5.71. The van der Waals surface area contributed by atoms with Gasteiger partial charge in [0.25, 0.3) is 5.89 Å². The normalized spacial score (nSPS) is 16.3. The summed E-state index contributed by atoms with van der Waals surface area (Å²) in [4.78, 5) is 6.55. The number of halogens is 1. The first-order valence-electron chi connectivity index (χ1n) is 10.5. The number of furan rings is 1. The van der Waals surface area contributed by atoms with Crippen LogP contribution in [0.1, 0.15) is 35.7 Å². The van der Waals surface area contributed by atoms with E-state index in [1.165, 1.54) is 12.1 Å². The van der Waals surface area contributed by atoms with Crippen LogP contribution in [0.5, 0.6) is 0 Å². The minimum Gasteiger partial charge on any atom is -0.467 e. The topological polar surface area (TPSA) is 67.3 Å². The van der Waals surface area contributed by atoms with Gasteiger partial charge in [0.1, 0.15) is 11.6 Å². The van der Waals surface area contributed by atoms with Gasteiger partial charge < -0.3 is 19.2 Å². The van der Waals surface area contributed by atoms with Crippen molar-refractivity contribution in [2.24, 2.45) is 0 Å². The van der Waals surface area contributed by atoms with E-state index >= 15 is 0 Å². The van der Waals surface area contributed by atoms with Crippen LogP contribution in [0, 0.1) is 12.7 Å². The fraction of sp³-hybridized carbons (Fsp3) is 0.160. The van der Waals surface area contributed by atoms with Gasteiger partial charge in [0.05, 0.1) is 24.4 Å². The van der Waals surface area contributed by atoms with E-state index in [-0.39, 0.29) is 11.9 Å². The highest BCUT2D eigenvalue weighted by Crippen LogP contribution is 2.38. The zero-order chi connectivity index (χ0) is 22.9. The number of aryl methyl sites for hydroxylation is 1. The summed E-state index contributed by atoms with van der Waals surface area (Å²) in [5.74, 6) is 1.08. The smallest absolute Gasteiger partial charge is 0.258 e. The van der Waals surface area contributed by atoms with Crippen LogP contribution in [-0.2, 0) is 6.54 Å². The predicted molar refractivity (Wildman–Crippen MR) is 126 cm³/mol. The van der Waals surface area contributed by atoms with Gasteiger partial charge in [-0.2, -0.15) is 4.98 Å². The van der Waals surface area contributed by atoms with E-state index in [2.05, 4.69) is 27.6 Å². The molecule has 1 aliphatic heterocycles. The molecule has 0 saturated carbocycles. The summed E-state index contributed by atoms with van der Waals surface area (Å²) in [5, 5.41) is 8.11. The molecular weight excluding hydrogens is 439 g/mol. The second-order valence-electron chi connectivity index (χ2n) is 7.89. The summed E-state index contributed by atoms with van der Waals surface area (Å²) in [7, 11) is 0. The third-order valence-corrected chi connectivity index (χ3v) is 5.98. The van der Waals surface area contributed by atoms with Crippen LogP contribution in [0.3, 0.4) is 0 Å². The van der Waals surface area contributed by atoms with Gasteiger partial charge in [0.15, 0.2) is 5.11 Å². The molecule has 0 aliphatic carbocycles. The first kappa shape index (κ1) is 21.1. The highest BCUT2D eigenvalue weighted by molar-refractivity contribution is 7.80. The fourth-order valence-corrected chi connectivity index (χ4v) is 4.21. The van der Waals surface area contributed by atoms with Crippen LogP contribution in [-0.4, -0.2) is 20.2 Å². The number of allylic oxidation sites excluding steroid dienone is 1. The van der Waals surface area contributed by atoms with Crippen molar-refractivity contribution < 1.29 is 13.3 Å². The van der Waals surface area contributed by atoms with Gasteiger partial charge in [0.2, 0.25) is 5.82 Å². The molecule has 1 unspecified atom stereocenters. The monoisotopic (exact) mass is 460 g/mol. The maximum absolute atomic E-state index is 13.7. The molecular formula is C25H21FN4O2S. The van der Waals surface area contributed by atoms with Crippen molar-refractivity contribution in [2.45, 2.75) is 26.4 Å². The largest absolute Gasteiger partial charge is 0.467 e. The number of rotatable bonds is 5. The molecule has 0 spiro atoms. The maximum Gasteiger partial charge on any atom is 0.258 e. The molecule has 6 nitrogen and oxygen atoms in total. The number of nitrogens with zero attached hydrogens (tertiary/aromatic N) is 3. The third kappa shape index (κ3) is 4.17. The van der Waals surface area contributed by atoms with Gasteiger partial charge >= 0.3 is 0 Å². The van der Waals surface area contributed by atoms with E-state index in [4.69, 9.17) is 21.2 Å². The lowest BCUT2D eigenvalue weighted by atomic mass is 9.94. The summed E-state index contributed by atoms with van der Waals surface area (Å²) in [6, 6.07) is 17.8. The minimum absolute atomic E-state index is 0.285. The number of thiocarbonyl (C=S) groups is 1. The highest BCUT2D eigenvalue weighted by Gasteiger charge is 2.34. The number of benzene rings is 2. The maximum atomic E-state index is 13.7. The number of hydrogen-bond donors (Lipinski definition) is 1. The summed E-state index contributed by atoms with van der Waals surface area (Å²) in [6.07, 6.45) is 1.63. The quantitative estimate of drug-likeness (QED) is 0.387. The Bertz CT molecular complexity index is 1330. The molecule has 166 valence electrons. The molecule has 2 aromatic carbocycles. The van der Waals surface area contributed by atoms with Crippen LogP contribution >= 0.6 is 12.2 Å². The van der Waals surface area contributed by atoms with Crippen molar-refractivity contribution in [1.29, 1.82) is 0 Å². The Morgan fingerprint density at radius 2 is 1.91 bits per heavy atom. The number of hydrogen-bond acceptors (Lipinski definition) is 5. The van der Waals surface area contributed by atoms with Crippen LogP contribution in [0.2, 0.25) is 0 Å². The highest BCUT2D eigenvalue weighted by atomic mass is 32.1. The Balaban J connectivity index is 1.60. The molecule has 0 saturated heterocycles. The molecule has 2 aromatic heterocycles. The van der Waals surface area contributed by atoms with Gasteiger partial charge in [-0.1, -0.05) is 47.1 Å². The zero-order valence-electron chi connectivity index (χ0n) is 18.1. The molecule has 0 amide bonds. The molecule has 0 fully saturated rings. The van der Waals surface area contributed by atoms with Crippen LogP contribution < -0.4 is 5.32 Å². The van der Waals surface area contributed by atoms with E-state index in [1.807, 2.05) is 43.0 Å². The van der Waals surface area contributed by atoms with E-state index in [0.29, 0.717) is 28.9 Å². The summed E-state index contributed by atoms with van der Waals surface area (Å²) in [5.41, 5.74) is 4.39. The van der Waals surface area contributed by atoms with Crippen molar-refractivity contribution in [2.75, 3.05) is 0 Å². The number of aromatic nitrogens is 2. The second kappa shape index (κ2) is 8.63. The van der Waals surface area contributed by atoms with Crippen molar-refractivity contribution in [3.63, 3.8) is 0 Å². The average Bonchev–Trinajstić information content (AvgIpc) is 3.49. The van der Waals surface area contributed by atoms with Crippen molar-refractivity contribution in [3.05, 3.63) is 101 Å². The molecule has 1 aliphatic rings. The first-order valence-corrected chi connectivity index (χ1v) is 10.9. The summed E-state index contributed by atoms with van der Waals surface area (Å²) in [6.45, 7) is 4.47. The molecule has 0 bridgehead atoms. The van der Waals surface area contributed by atoms with E-state index in [1.54, 1.807) is 18.4 Å². The average molecular weight is 461 g/mol. The summed E-state index contributed by atoms with van der Waals surface area (Å²) < 4.78 is 25.0. The second-order valence-corrected chi connectivity index (χ2v) is 8.28. The van der Waals surface area contributed by atoms with E-state index in [0.717, 1.165) is 28.2 Å². The van der Waals surface area contributed by atoms with E-state index < -0.39 is 0 Å². The van der Waals surface area contributed by atoms with Crippen LogP contribution in [0.15, 0.2) is 81.6 Å². The first-order chi connectivity index (χ1) is 16.0. The Morgan fingerprint density at radius 3 is 2.64 bits per heavy atom. The van der Waals surface area contributed by atoms with E-state index in [9.17, 15) is 4.39 Å². The van der Waals surface area contributed by atoms with Crippen LogP contribution in [0.25, 0.3) is 17.0 Å². The van der Waals surface area contributed by atoms with Crippen molar-refractivity contribution >= 4 is 22.9 Å². The van der Waals surface area contributed by atoms with Crippen molar-refractivity contribution in [1.82, 2.24) is 20.4 Å². The Hall–Kier alpha value is -3.78. The van der Waals surface area contributed by atoms with Crippen molar-refractivity contribution in [3.8, 4) is 11.4 Å². The zero-order valence-corrected chi connectivity index (χ0v) is 18.9. The van der Waals surface area contributed by atoms with Gasteiger partial charge in [-0.15, -0.1) is 0 Å². The van der Waals surface area contributed by atoms with Gasteiger partial charge in [0, 0.05) is 11.3 Å². The standard InChI is InChI=1S/C25H21FN4O2S/c1-15-8-10-17(11-9-15)22-21(16(2)30(25(33)27-22)14-20-7-4-12-31-20)24-28-23(29-32-24)18-5-3-6-19(26)13-18/h3-13,22H,14H2,1-2H3,(H,27,33). The molecule has 0 radical (unpaired) electrons. The van der Waals surface area contributed by atoms with Gasteiger partial charge in [-0.05, 0) is 55.9 Å². The Morgan fingerprint density at radius 1 is 1.09 bits per heavy atom. The Labute approximate surface area is 195 Å². The molecule has 4 aromatic rings. The SMILES string of the molecule is CC1=C(c2nc(-c3cccc(F)c3)no2)C(c2ccc(C)cc2)NC(=S)N1Cc1ccco1. The van der Waals surface area contributed by atoms with Crippen LogP contribution in [0.4, 0.5) is 4.39 Å². The van der Waals surface area contributed by atoms with Gasteiger partial charge in [-0.3, -0.25) is 0 Å². The molecule has 33 heavy (non-hydrogen) atoms. The molecule has 5 rings (SSSR count). The molecule has 1 N–H and O–H groups in total. The minimum atomic E-state index is -0.360. The lowest BCUT2D eigenvalue weighted by Gasteiger charge is -2.37. The molecule has 8 heteroatoms. The molecule has 3 heterocycles. The lowest BCUT2D eigenvalue weighted by molar-refractivity contribution is 0.382. The predicted octanol–water partition coefficient (Wildman–Crippen LogP) is 5.64. The Kier molecular flexibility index (Phi) is 5.51. The fourth-order valence-electron chi connectivity index (χ4n) is 3.89. The molecule has 1 atom stereocenters. The van der Waals surface area contributed by atoms with Gasteiger partial charge in [-0.25, -0.2) is 4.39 Å².